The fourth-order valence-electron chi connectivity index (χ4n) is 4.55. The van der Waals surface area contributed by atoms with E-state index in [0.717, 1.165) is 51.2 Å². The third-order valence-corrected chi connectivity index (χ3v) is 7.49. The van der Waals surface area contributed by atoms with Gasteiger partial charge >= 0.3 is 6.18 Å². The summed E-state index contributed by atoms with van der Waals surface area (Å²) in [5.74, 6) is 0.503. The maximum atomic E-state index is 12.7. The molecule has 0 spiro atoms. The van der Waals surface area contributed by atoms with Gasteiger partial charge in [-0.15, -0.1) is 0 Å². The zero-order valence-electron chi connectivity index (χ0n) is 18.0. The summed E-state index contributed by atoms with van der Waals surface area (Å²) >= 11 is 1.83. The van der Waals surface area contributed by atoms with Gasteiger partial charge in [-0.2, -0.15) is 13.2 Å². The predicted octanol–water partition coefficient (Wildman–Crippen LogP) is 5.85. The molecular formula is C24H29F3N2OS. The van der Waals surface area contributed by atoms with E-state index >= 15 is 0 Å². The van der Waals surface area contributed by atoms with Crippen molar-refractivity contribution < 1.29 is 17.9 Å². The van der Waals surface area contributed by atoms with Gasteiger partial charge in [-0.3, -0.25) is 0 Å². The minimum atomic E-state index is -4.32. The molecule has 3 nitrogen and oxygen atoms in total. The Kier molecular flexibility index (Phi) is 6.56. The number of hydrogen-bond acceptors (Lipinski definition) is 4. The van der Waals surface area contributed by atoms with E-state index in [1.165, 1.54) is 29.0 Å². The molecule has 1 atom stereocenters. The molecule has 0 radical (unpaired) electrons. The normalized spacial score (nSPS) is 23.9. The average Bonchev–Trinajstić information content (AvgIpc) is 3.09. The van der Waals surface area contributed by atoms with Crippen LogP contribution >= 0.6 is 11.9 Å². The van der Waals surface area contributed by atoms with Gasteiger partial charge in [0.25, 0.3) is 0 Å². The maximum absolute atomic E-state index is 12.7. The van der Waals surface area contributed by atoms with Gasteiger partial charge in [0.1, 0.15) is 11.9 Å². The summed E-state index contributed by atoms with van der Waals surface area (Å²) in [4.78, 5) is 3.72. The number of ether oxygens (including phenoxy) is 1. The summed E-state index contributed by atoms with van der Waals surface area (Å²) in [5.41, 5.74) is 0.960. The standard InChI is InChI=1S/C24H29F3N2OS/c1-23(13-16-28(2)17-23)21-5-3-4-6-22(21)31-29-14-11-20(12-15-29)30-19-9-7-18(8-10-19)24(25,26)27/h3-10,20H,11-17H2,1-2H3. The molecule has 0 aliphatic carbocycles. The van der Waals surface area contributed by atoms with E-state index in [9.17, 15) is 13.2 Å². The molecule has 2 saturated heterocycles. The summed E-state index contributed by atoms with van der Waals surface area (Å²) in [6, 6.07) is 13.7. The van der Waals surface area contributed by atoms with E-state index < -0.39 is 11.7 Å². The van der Waals surface area contributed by atoms with Crippen LogP contribution in [0.3, 0.4) is 0 Å². The zero-order valence-corrected chi connectivity index (χ0v) is 18.8. The second-order valence-electron chi connectivity index (χ2n) is 8.90. The molecule has 2 aliphatic rings. The summed E-state index contributed by atoms with van der Waals surface area (Å²) in [6.07, 6.45) is -1.40. The molecular weight excluding hydrogens is 421 g/mol. The third kappa shape index (κ3) is 5.38. The number of halogens is 3. The smallest absolute Gasteiger partial charge is 0.416 e. The van der Waals surface area contributed by atoms with Crippen LogP contribution in [0.4, 0.5) is 13.2 Å². The molecule has 31 heavy (non-hydrogen) atoms. The molecule has 1 unspecified atom stereocenters. The van der Waals surface area contributed by atoms with Crippen molar-refractivity contribution in [1.29, 1.82) is 0 Å². The van der Waals surface area contributed by atoms with Crippen LogP contribution in [0.25, 0.3) is 0 Å². The van der Waals surface area contributed by atoms with Crippen molar-refractivity contribution in [2.24, 2.45) is 0 Å². The zero-order chi connectivity index (χ0) is 22.1. The quantitative estimate of drug-likeness (QED) is 0.531. The van der Waals surface area contributed by atoms with E-state index in [4.69, 9.17) is 4.74 Å². The van der Waals surface area contributed by atoms with Crippen LogP contribution in [0.5, 0.6) is 5.75 Å². The monoisotopic (exact) mass is 450 g/mol. The van der Waals surface area contributed by atoms with Gasteiger partial charge in [0.2, 0.25) is 0 Å². The second-order valence-corrected chi connectivity index (χ2v) is 10.0. The number of piperidine rings is 1. The van der Waals surface area contributed by atoms with Crippen LogP contribution in [-0.4, -0.2) is 48.5 Å². The molecule has 0 amide bonds. The van der Waals surface area contributed by atoms with Crippen molar-refractivity contribution in [1.82, 2.24) is 9.21 Å². The van der Waals surface area contributed by atoms with Crippen molar-refractivity contribution in [2.45, 2.75) is 48.8 Å². The summed E-state index contributed by atoms with van der Waals surface area (Å²) in [7, 11) is 2.18. The highest BCUT2D eigenvalue weighted by molar-refractivity contribution is 7.97. The van der Waals surface area contributed by atoms with Crippen molar-refractivity contribution in [3.05, 3.63) is 59.7 Å². The van der Waals surface area contributed by atoms with Gasteiger partial charge in [0.05, 0.1) is 5.56 Å². The molecule has 2 aliphatic heterocycles. The van der Waals surface area contributed by atoms with E-state index in [0.29, 0.717) is 5.75 Å². The topological polar surface area (TPSA) is 15.7 Å². The lowest BCUT2D eigenvalue weighted by molar-refractivity contribution is -0.137. The fraction of sp³-hybridized carbons (Fsp3) is 0.500. The Bertz CT molecular complexity index is 881. The Balaban J connectivity index is 1.33. The lowest BCUT2D eigenvalue weighted by atomic mass is 9.82. The first-order valence-electron chi connectivity index (χ1n) is 10.8. The molecule has 0 aromatic heterocycles. The first kappa shape index (κ1) is 22.5. The number of hydrogen-bond donors (Lipinski definition) is 0. The molecule has 2 aromatic rings. The number of benzene rings is 2. The molecule has 0 saturated carbocycles. The number of nitrogens with zero attached hydrogens (tertiary/aromatic N) is 2. The molecule has 4 rings (SSSR count). The van der Waals surface area contributed by atoms with E-state index in [-0.39, 0.29) is 11.5 Å². The maximum Gasteiger partial charge on any atom is 0.416 e. The molecule has 0 bridgehead atoms. The van der Waals surface area contributed by atoms with Crippen molar-refractivity contribution in [2.75, 3.05) is 33.2 Å². The van der Waals surface area contributed by atoms with Gasteiger partial charge in [-0.25, -0.2) is 4.31 Å². The summed E-state index contributed by atoms with van der Waals surface area (Å²) in [5, 5.41) is 0. The molecule has 2 heterocycles. The van der Waals surface area contributed by atoms with E-state index in [1.54, 1.807) is 0 Å². The first-order valence-corrected chi connectivity index (χ1v) is 11.6. The Labute approximate surface area is 186 Å². The Morgan fingerprint density at radius 1 is 1.00 bits per heavy atom. The molecule has 168 valence electrons. The Hall–Kier alpha value is -1.70. The lowest BCUT2D eigenvalue weighted by Crippen LogP contribution is -2.34. The van der Waals surface area contributed by atoms with Crippen LogP contribution in [0, 0.1) is 0 Å². The first-order chi connectivity index (χ1) is 14.7. The van der Waals surface area contributed by atoms with Gasteiger partial charge in [-0.1, -0.05) is 25.1 Å². The number of likely N-dealkylation sites (tertiary alicyclic amines) is 1. The van der Waals surface area contributed by atoms with E-state index in [2.05, 4.69) is 47.4 Å². The highest BCUT2D eigenvalue weighted by atomic mass is 32.2. The van der Waals surface area contributed by atoms with Gasteiger partial charge in [0, 0.05) is 29.9 Å². The molecule has 7 heteroatoms. The van der Waals surface area contributed by atoms with Crippen molar-refractivity contribution in [3.8, 4) is 5.75 Å². The van der Waals surface area contributed by atoms with Gasteiger partial charge in [-0.05, 0) is 80.7 Å². The summed E-state index contributed by atoms with van der Waals surface area (Å²) < 4.78 is 46.5. The van der Waals surface area contributed by atoms with Crippen molar-refractivity contribution >= 4 is 11.9 Å². The second kappa shape index (κ2) is 9.04. The Morgan fingerprint density at radius 3 is 2.29 bits per heavy atom. The fourth-order valence-corrected chi connectivity index (χ4v) is 5.78. The average molecular weight is 451 g/mol. The van der Waals surface area contributed by atoms with Crippen LogP contribution in [-0.2, 0) is 11.6 Å². The van der Waals surface area contributed by atoms with Gasteiger partial charge in [0.15, 0.2) is 0 Å². The van der Waals surface area contributed by atoms with Gasteiger partial charge < -0.3 is 9.64 Å². The molecule has 0 N–H and O–H groups in total. The van der Waals surface area contributed by atoms with Crippen LogP contribution in [0.1, 0.15) is 37.3 Å². The SMILES string of the molecule is CN1CCC(C)(c2ccccc2SN2CCC(Oc3ccc(C(F)(F)F)cc3)CC2)C1. The third-order valence-electron chi connectivity index (χ3n) is 6.31. The van der Waals surface area contributed by atoms with Crippen molar-refractivity contribution in [3.63, 3.8) is 0 Å². The molecule has 2 aromatic carbocycles. The minimum absolute atomic E-state index is 0.0322. The van der Waals surface area contributed by atoms with Crippen LogP contribution in [0.15, 0.2) is 53.4 Å². The van der Waals surface area contributed by atoms with E-state index in [1.807, 2.05) is 11.9 Å². The number of likely N-dealkylation sites (N-methyl/N-ethyl adjacent to an activating group) is 1. The Morgan fingerprint density at radius 2 is 1.68 bits per heavy atom. The highest BCUT2D eigenvalue weighted by Gasteiger charge is 2.36. The van der Waals surface area contributed by atoms with Crippen LogP contribution in [0.2, 0.25) is 0 Å². The lowest BCUT2D eigenvalue weighted by Gasteiger charge is -2.33. The minimum Gasteiger partial charge on any atom is -0.490 e. The number of rotatable bonds is 5. The number of alkyl halides is 3. The predicted molar refractivity (Wildman–Crippen MR) is 118 cm³/mol. The summed E-state index contributed by atoms with van der Waals surface area (Å²) in [6.45, 7) is 6.34. The highest BCUT2D eigenvalue weighted by Crippen LogP contribution is 2.40. The largest absolute Gasteiger partial charge is 0.490 e. The molecule has 2 fully saturated rings. The van der Waals surface area contributed by atoms with Crippen LogP contribution < -0.4 is 4.74 Å².